The van der Waals surface area contributed by atoms with Gasteiger partial charge in [-0.25, -0.2) is 8.42 Å². The summed E-state index contributed by atoms with van der Waals surface area (Å²) in [6.45, 7) is 4.77. The molecule has 2 heterocycles. The highest BCUT2D eigenvalue weighted by Gasteiger charge is 2.28. The molecular formula is C12H19N3O3S. The minimum absolute atomic E-state index is 0.158. The molecule has 0 amide bonds. The van der Waals surface area contributed by atoms with Crippen LogP contribution in [-0.2, 0) is 10.0 Å². The molecule has 0 aromatic carbocycles. The number of hydrogen-bond acceptors (Lipinski definition) is 5. The summed E-state index contributed by atoms with van der Waals surface area (Å²) in [7, 11) is -3.52. The Bertz CT molecular complexity index is 513. The Morgan fingerprint density at radius 1 is 1.42 bits per heavy atom. The van der Waals surface area contributed by atoms with Crippen LogP contribution in [0, 0.1) is 0 Å². The van der Waals surface area contributed by atoms with E-state index in [1.54, 1.807) is 12.3 Å². The van der Waals surface area contributed by atoms with E-state index in [0.717, 1.165) is 6.42 Å². The van der Waals surface area contributed by atoms with Gasteiger partial charge < -0.3 is 10.1 Å². The summed E-state index contributed by atoms with van der Waals surface area (Å²) in [6.07, 6.45) is 3.74. The molecule has 0 saturated carbocycles. The number of aromatic nitrogens is 1. The predicted molar refractivity (Wildman–Crippen MR) is 71.7 cm³/mol. The van der Waals surface area contributed by atoms with Gasteiger partial charge in [0.2, 0.25) is 10.0 Å². The summed E-state index contributed by atoms with van der Waals surface area (Å²) in [4.78, 5) is 4.07. The Morgan fingerprint density at radius 3 is 2.84 bits per heavy atom. The molecule has 2 rings (SSSR count). The molecule has 0 unspecified atom stereocenters. The lowest BCUT2D eigenvalue weighted by Gasteiger charge is -2.27. The van der Waals surface area contributed by atoms with E-state index in [1.807, 2.05) is 6.92 Å². The monoisotopic (exact) mass is 285 g/mol. The van der Waals surface area contributed by atoms with Crippen molar-refractivity contribution in [2.75, 3.05) is 32.8 Å². The highest BCUT2D eigenvalue weighted by atomic mass is 32.2. The van der Waals surface area contributed by atoms with Gasteiger partial charge in [-0.2, -0.15) is 4.31 Å². The fourth-order valence-corrected chi connectivity index (χ4v) is 3.43. The van der Waals surface area contributed by atoms with Crippen molar-refractivity contribution in [1.29, 1.82) is 0 Å². The van der Waals surface area contributed by atoms with Crippen LogP contribution in [0.2, 0.25) is 0 Å². The number of nitrogens with one attached hydrogen (secondary N) is 1. The van der Waals surface area contributed by atoms with Gasteiger partial charge >= 0.3 is 0 Å². The van der Waals surface area contributed by atoms with E-state index in [0.29, 0.717) is 38.5 Å². The molecule has 0 spiro atoms. The average Bonchev–Trinajstić information content (AvgIpc) is 2.46. The van der Waals surface area contributed by atoms with Gasteiger partial charge in [-0.05, 0) is 12.5 Å². The Balaban J connectivity index is 2.28. The summed E-state index contributed by atoms with van der Waals surface area (Å²) in [6, 6.07) is 1.60. The normalized spacial score (nSPS) is 17.3. The minimum atomic E-state index is -3.52. The van der Waals surface area contributed by atoms with Gasteiger partial charge in [0.1, 0.15) is 10.6 Å². The largest absolute Gasteiger partial charge is 0.492 e. The van der Waals surface area contributed by atoms with Crippen LogP contribution in [0.25, 0.3) is 0 Å². The standard InChI is InChI=1S/C12H19N3O3S/c1-2-9-18-11-3-4-14-10-12(11)19(16,17)15-7-5-13-6-8-15/h3-4,10,13H,2,5-9H2,1H3. The van der Waals surface area contributed by atoms with Gasteiger partial charge in [0, 0.05) is 32.4 Å². The lowest BCUT2D eigenvalue weighted by atomic mass is 10.4. The van der Waals surface area contributed by atoms with Crippen molar-refractivity contribution in [3.63, 3.8) is 0 Å². The third-order valence-corrected chi connectivity index (χ3v) is 4.81. The van der Waals surface area contributed by atoms with Crippen LogP contribution in [0.15, 0.2) is 23.4 Å². The molecule has 0 radical (unpaired) electrons. The van der Waals surface area contributed by atoms with Gasteiger partial charge in [-0.3, -0.25) is 4.98 Å². The predicted octanol–water partition coefficient (Wildman–Crippen LogP) is 0.464. The fourth-order valence-electron chi connectivity index (χ4n) is 1.92. The van der Waals surface area contributed by atoms with Crippen molar-refractivity contribution in [1.82, 2.24) is 14.6 Å². The Morgan fingerprint density at radius 2 is 2.16 bits per heavy atom. The highest BCUT2D eigenvalue weighted by molar-refractivity contribution is 7.89. The minimum Gasteiger partial charge on any atom is -0.492 e. The van der Waals surface area contributed by atoms with E-state index in [-0.39, 0.29) is 4.90 Å². The molecule has 1 fully saturated rings. The van der Waals surface area contributed by atoms with Crippen molar-refractivity contribution in [3.8, 4) is 5.75 Å². The number of ether oxygens (including phenoxy) is 1. The smallest absolute Gasteiger partial charge is 0.248 e. The van der Waals surface area contributed by atoms with E-state index in [4.69, 9.17) is 4.74 Å². The molecular weight excluding hydrogens is 266 g/mol. The van der Waals surface area contributed by atoms with Crippen LogP contribution in [0.5, 0.6) is 5.75 Å². The first kappa shape index (κ1) is 14.2. The average molecular weight is 285 g/mol. The number of piperazine rings is 1. The van der Waals surface area contributed by atoms with Crippen LogP contribution in [0.3, 0.4) is 0 Å². The molecule has 0 bridgehead atoms. The fraction of sp³-hybridized carbons (Fsp3) is 0.583. The summed E-state index contributed by atoms with van der Waals surface area (Å²) < 4.78 is 32.1. The zero-order valence-electron chi connectivity index (χ0n) is 11.0. The number of nitrogens with zero attached hydrogens (tertiary/aromatic N) is 2. The molecule has 1 aromatic rings. The van der Waals surface area contributed by atoms with Gasteiger partial charge in [0.15, 0.2) is 0 Å². The van der Waals surface area contributed by atoms with Crippen LogP contribution in [0.4, 0.5) is 0 Å². The van der Waals surface area contributed by atoms with Crippen LogP contribution >= 0.6 is 0 Å². The van der Waals surface area contributed by atoms with Crippen molar-refractivity contribution in [2.24, 2.45) is 0 Å². The van der Waals surface area contributed by atoms with E-state index < -0.39 is 10.0 Å². The van der Waals surface area contributed by atoms with Gasteiger partial charge in [-0.1, -0.05) is 6.92 Å². The third-order valence-electron chi connectivity index (χ3n) is 2.90. The summed E-state index contributed by atoms with van der Waals surface area (Å²) in [5, 5.41) is 3.13. The van der Waals surface area contributed by atoms with Crippen molar-refractivity contribution >= 4 is 10.0 Å². The number of pyridine rings is 1. The van der Waals surface area contributed by atoms with Crippen LogP contribution in [-0.4, -0.2) is 50.5 Å². The highest BCUT2D eigenvalue weighted by Crippen LogP contribution is 2.25. The van der Waals surface area contributed by atoms with Gasteiger partial charge in [0.25, 0.3) is 0 Å². The number of sulfonamides is 1. The number of hydrogen-bond donors (Lipinski definition) is 1. The molecule has 1 aliphatic heterocycles. The summed E-state index contributed by atoms with van der Waals surface area (Å²) in [5.74, 6) is 0.385. The maximum absolute atomic E-state index is 12.5. The molecule has 1 aliphatic rings. The molecule has 0 aliphatic carbocycles. The lowest BCUT2D eigenvalue weighted by Crippen LogP contribution is -2.46. The molecule has 1 N–H and O–H groups in total. The quantitative estimate of drug-likeness (QED) is 0.851. The first-order chi connectivity index (χ1) is 9.16. The number of rotatable bonds is 5. The second-order valence-electron chi connectivity index (χ2n) is 4.32. The third kappa shape index (κ3) is 3.23. The topological polar surface area (TPSA) is 71.5 Å². The zero-order chi connectivity index (χ0) is 13.7. The molecule has 0 atom stereocenters. The van der Waals surface area contributed by atoms with E-state index in [2.05, 4.69) is 10.3 Å². The van der Waals surface area contributed by atoms with Gasteiger partial charge in [0.05, 0.1) is 12.8 Å². The molecule has 6 nitrogen and oxygen atoms in total. The Hall–Kier alpha value is -1.18. The van der Waals surface area contributed by atoms with Crippen LogP contribution < -0.4 is 10.1 Å². The van der Waals surface area contributed by atoms with E-state index in [9.17, 15) is 8.42 Å². The first-order valence-electron chi connectivity index (χ1n) is 6.44. The second kappa shape index (κ2) is 6.31. The zero-order valence-corrected chi connectivity index (χ0v) is 11.8. The lowest BCUT2D eigenvalue weighted by molar-refractivity contribution is 0.305. The Kier molecular flexibility index (Phi) is 4.73. The molecule has 1 aromatic heterocycles. The van der Waals surface area contributed by atoms with Crippen LogP contribution in [0.1, 0.15) is 13.3 Å². The molecule has 1 saturated heterocycles. The first-order valence-corrected chi connectivity index (χ1v) is 7.88. The second-order valence-corrected chi connectivity index (χ2v) is 6.23. The van der Waals surface area contributed by atoms with Gasteiger partial charge in [-0.15, -0.1) is 0 Å². The van der Waals surface area contributed by atoms with E-state index in [1.165, 1.54) is 10.5 Å². The maximum atomic E-state index is 12.5. The van der Waals surface area contributed by atoms with Crippen molar-refractivity contribution < 1.29 is 13.2 Å². The molecule has 19 heavy (non-hydrogen) atoms. The Labute approximate surface area is 113 Å². The SMILES string of the molecule is CCCOc1ccncc1S(=O)(=O)N1CCNCC1. The molecule has 7 heteroatoms. The van der Waals surface area contributed by atoms with E-state index >= 15 is 0 Å². The van der Waals surface area contributed by atoms with Crippen molar-refractivity contribution in [2.45, 2.75) is 18.2 Å². The summed E-state index contributed by atoms with van der Waals surface area (Å²) >= 11 is 0. The van der Waals surface area contributed by atoms with Crippen molar-refractivity contribution in [3.05, 3.63) is 18.5 Å². The summed E-state index contributed by atoms with van der Waals surface area (Å²) in [5.41, 5.74) is 0. The molecule has 106 valence electrons. The maximum Gasteiger partial charge on any atom is 0.248 e.